The SMILES string of the molecule is Cc1cc(C(C)NCc2ccc(S(C)(=O)=O)cc2)c(C)s1. The van der Waals surface area contributed by atoms with E-state index in [1.54, 1.807) is 12.1 Å². The van der Waals surface area contributed by atoms with Gasteiger partial charge in [0, 0.05) is 28.6 Å². The minimum Gasteiger partial charge on any atom is -0.306 e. The van der Waals surface area contributed by atoms with Gasteiger partial charge in [-0.3, -0.25) is 0 Å². The molecule has 5 heteroatoms. The zero-order valence-electron chi connectivity index (χ0n) is 12.8. The summed E-state index contributed by atoms with van der Waals surface area (Å²) in [4.78, 5) is 3.04. The van der Waals surface area contributed by atoms with E-state index in [0.29, 0.717) is 4.90 Å². The average molecular weight is 323 g/mol. The number of hydrogen-bond acceptors (Lipinski definition) is 4. The molecule has 0 bridgehead atoms. The van der Waals surface area contributed by atoms with Gasteiger partial charge in [0.25, 0.3) is 0 Å². The summed E-state index contributed by atoms with van der Waals surface area (Å²) in [5.41, 5.74) is 2.42. The molecule has 0 aliphatic carbocycles. The van der Waals surface area contributed by atoms with E-state index in [1.165, 1.54) is 21.6 Å². The molecular weight excluding hydrogens is 302 g/mol. The van der Waals surface area contributed by atoms with Gasteiger partial charge in [-0.05, 0) is 50.1 Å². The van der Waals surface area contributed by atoms with Crippen molar-refractivity contribution < 1.29 is 8.42 Å². The van der Waals surface area contributed by atoms with Gasteiger partial charge in [-0.1, -0.05) is 12.1 Å². The van der Waals surface area contributed by atoms with Crippen LogP contribution < -0.4 is 5.32 Å². The van der Waals surface area contributed by atoms with Crippen LogP contribution in [0.15, 0.2) is 35.2 Å². The largest absolute Gasteiger partial charge is 0.306 e. The molecule has 21 heavy (non-hydrogen) atoms. The van der Waals surface area contributed by atoms with E-state index in [4.69, 9.17) is 0 Å². The second-order valence-corrected chi connectivity index (χ2v) is 8.86. The summed E-state index contributed by atoms with van der Waals surface area (Å²) >= 11 is 1.82. The van der Waals surface area contributed by atoms with Gasteiger partial charge in [0.05, 0.1) is 4.90 Å². The predicted molar refractivity (Wildman–Crippen MR) is 88.6 cm³/mol. The van der Waals surface area contributed by atoms with Crippen molar-refractivity contribution in [2.75, 3.05) is 6.26 Å². The molecule has 0 fully saturated rings. The molecule has 0 radical (unpaired) electrons. The normalized spacial score (nSPS) is 13.3. The minimum atomic E-state index is -3.12. The van der Waals surface area contributed by atoms with Gasteiger partial charge in [0.15, 0.2) is 9.84 Å². The number of hydrogen-bond donors (Lipinski definition) is 1. The highest BCUT2D eigenvalue weighted by atomic mass is 32.2. The molecule has 0 spiro atoms. The fraction of sp³-hybridized carbons (Fsp3) is 0.375. The van der Waals surface area contributed by atoms with Crippen LogP contribution in [0.5, 0.6) is 0 Å². The lowest BCUT2D eigenvalue weighted by Gasteiger charge is -2.14. The third kappa shape index (κ3) is 4.15. The van der Waals surface area contributed by atoms with Gasteiger partial charge in [-0.15, -0.1) is 11.3 Å². The van der Waals surface area contributed by atoms with Crippen molar-refractivity contribution in [1.29, 1.82) is 0 Å². The summed E-state index contributed by atoms with van der Waals surface area (Å²) < 4.78 is 22.8. The van der Waals surface area contributed by atoms with Crippen LogP contribution in [0.2, 0.25) is 0 Å². The number of nitrogens with one attached hydrogen (secondary N) is 1. The number of rotatable bonds is 5. The van der Waals surface area contributed by atoms with E-state index in [-0.39, 0.29) is 6.04 Å². The van der Waals surface area contributed by atoms with E-state index < -0.39 is 9.84 Å². The van der Waals surface area contributed by atoms with Gasteiger partial charge < -0.3 is 5.32 Å². The smallest absolute Gasteiger partial charge is 0.175 e. The number of benzene rings is 1. The van der Waals surface area contributed by atoms with Gasteiger partial charge in [-0.25, -0.2) is 8.42 Å². The number of sulfone groups is 1. The third-order valence-electron chi connectivity index (χ3n) is 3.51. The monoisotopic (exact) mass is 323 g/mol. The summed E-state index contributed by atoms with van der Waals surface area (Å²) in [6.45, 7) is 7.14. The summed E-state index contributed by atoms with van der Waals surface area (Å²) in [7, 11) is -3.12. The molecule has 0 saturated carbocycles. The highest BCUT2D eigenvalue weighted by molar-refractivity contribution is 7.90. The molecule has 1 N–H and O–H groups in total. The fourth-order valence-corrected chi connectivity index (χ4v) is 3.97. The van der Waals surface area contributed by atoms with Crippen molar-refractivity contribution >= 4 is 21.2 Å². The Balaban J connectivity index is 2.01. The van der Waals surface area contributed by atoms with Crippen LogP contribution in [-0.4, -0.2) is 14.7 Å². The first-order chi connectivity index (χ1) is 9.77. The molecule has 2 aromatic rings. The van der Waals surface area contributed by atoms with Crippen molar-refractivity contribution in [2.24, 2.45) is 0 Å². The van der Waals surface area contributed by atoms with Crippen LogP contribution in [0.4, 0.5) is 0 Å². The Morgan fingerprint density at radius 1 is 1.19 bits per heavy atom. The molecule has 1 unspecified atom stereocenters. The fourth-order valence-electron chi connectivity index (χ4n) is 2.32. The van der Waals surface area contributed by atoms with Crippen LogP contribution in [0.1, 0.15) is 33.8 Å². The highest BCUT2D eigenvalue weighted by Crippen LogP contribution is 2.26. The first-order valence-corrected chi connectivity index (χ1v) is 9.57. The van der Waals surface area contributed by atoms with Crippen molar-refractivity contribution in [1.82, 2.24) is 5.32 Å². The van der Waals surface area contributed by atoms with Crippen molar-refractivity contribution in [3.63, 3.8) is 0 Å². The Morgan fingerprint density at radius 3 is 2.29 bits per heavy atom. The minimum absolute atomic E-state index is 0.282. The maximum atomic E-state index is 11.4. The Hall–Kier alpha value is -1.17. The molecule has 3 nitrogen and oxygen atoms in total. The Morgan fingerprint density at radius 2 is 1.81 bits per heavy atom. The zero-order valence-corrected chi connectivity index (χ0v) is 14.4. The molecule has 114 valence electrons. The van der Waals surface area contributed by atoms with Crippen LogP contribution in [0.3, 0.4) is 0 Å². The Kier molecular flexibility index (Phi) is 4.86. The Bertz CT molecular complexity index is 715. The Labute approximate surface area is 130 Å². The maximum Gasteiger partial charge on any atom is 0.175 e. The highest BCUT2D eigenvalue weighted by Gasteiger charge is 2.11. The summed E-state index contributed by atoms with van der Waals surface area (Å²) in [6.07, 6.45) is 1.23. The second kappa shape index (κ2) is 6.30. The van der Waals surface area contributed by atoms with Gasteiger partial charge >= 0.3 is 0 Å². The zero-order chi connectivity index (χ0) is 15.6. The molecule has 1 aromatic heterocycles. The predicted octanol–water partition coefficient (Wildman–Crippen LogP) is 3.62. The molecule has 0 saturated heterocycles. The second-order valence-electron chi connectivity index (χ2n) is 5.39. The molecule has 1 aromatic carbocycles. The lowest BCUT2D eigenvalue weighted by atomic mass is 10.1. The molecule has 1 atom stereocenters. The van der Waals surface area contributed by atoms with E-state index in [1.807, 2.05) is 23.5 Å². The molecule has 0 aliphatic rings. The first-order valence-electron chi connectivity index (χ1n) is 6.86. The van der Waals surface area contributed by atoms with Gasteiger partial charge in [0.2, 0.25) is 0 Å². The maximum absolute atomic E-state index is 11.4. The van der Waals surface area contributed by atoms with Crippen LogP contribution in [-0.2, 0) is 16.4 Å². The average Bonchev–Trinajstić information content (AvgIpc) is 2.74. The number of aryl methyl sites for hydroxylation is 2. The summed E-state index contributed by atoms with van der Waals surface area (Å²) in [6, 6.07) is 9.56. The first kappa shape index (κ1) is 16.2. The molecule has 0 aliphatic heterocycles. The molecule has 0 amide bonds. The lowest BCUT2D eigenvalue weighted by molar-refractivity contribution is 0.573. The quantitative estimate of drug-likeness (QED) is 0.914. The van der Waals surface area contributed by atoms with E-state index in [0.717, 1.165) is 12.1 Å². The topological polar surface area (TPSA) is 46.2 Å². The molecule has 1 heterocycles. The number of thiophene rings is 1. The third-order valence-corrected chi connectivity index (χ3v) is 5.62. The van der Waals surface area contributed by atoms with Crippen molar-refractivity contribution in [2.45, 2.75) is 38.3 Å². The molecule has 2 rings (SSSR count). The summed E-state index contributed by atoms with van der Waals surface area (Å²) in [5.74, 6) is 0. The van der Waals surface area contributed by atoms with Crippen LogP contribution in [0, 0.1) is 13.8 Å². The van der Waals surface area contributed by atoms with Crippen molar-refractivity contribution in [3.05, 3.63) is 51.2 Å². The molecular formula is C16H21NO2S2. The van der Waals surface area contributed by atoms with Crippen LogP contribution in [0.25, 0.3) is 0 Å². The van der Waals surface area contributed by atoms with E-state index in [9.17, 15) is 8.42 Å². The van der Waals surface area contributed by atoms with E-state index in [2.05, 4.69) is 32.2 Å². The van der Waals surface area contributed by atoms with Crippen LogP contribution >= 0.6 is 11.3 Å². The lowest BCUT2D eigenvalue weighted by Crippen LogP contribution is -2.18. The van der Waals surface area contributed by atoms with E-state index >= 15 is 0 Å². The van der Waals surface area contributed by atoms with Gasteiger partial charge in [-0.2, -0.15) is 0 Å². The summed E-state index contributed by atoms with van der Waals surface area (Å²) in [5, 5.41) is 3.48. The standard InChI is InChI=1S/C16H21NO2S2/c1-11-9-16(13(3)20-11)12(2)17-10-14-5-7-15(8-6-14)21(4,18)19/h5-9,12,17H,10H2,1-4H3. The van der Waals surface area contributed by atoms with Gasteiger partial charge in [0.1, 0.15) is 0 Å². The van der Waals surface area contributed by atoms with Crippen molar-refractivity contribution in [3.8, 4) is 0 Å².